The highest BCUT2D eigenvalue weighted by molar-refractivity contribution is 7.47. The normalized spacial score (nSPS) is 22.9. The Morgan fingerprint density at radius 2 is 1.01 bits per heavy atom. The van der Waals surface area contributed by atoms with Crippen LogP contribution in [0, 0.1) is 0 Å². The Bertz CT molecular complexity index is 1740. The number of phosphoric ester groups is 2. The number of aliphatic hydroxyl groups is 6. The van der Waals surface area contributed by atoms with E-state index < -0.39 is 95.7 Å². The Kier molecular flexibility index (Phi) is 35.6. The first-order valence-corrected chi connectivity index (χ1v) is 27.0. The summed E-state index contributed by atoms with van der Waals surface area (Å²) in [4.78, 5) is 54.3. The van der Waals surface area contributed by atoms with Crippen molar-refractivity contribution in [1.29, 1.82) is 0 Å². The summed E-state index contributed by atoms with van der Waals surface area (Å²) in [6.07, 6.45) is 27.1. The summed E-state index contributed by atoms with van der Waals surface area (Å²) in [5, 5.41) is 61.5. The Morgan fingerprint density at radius 1 is 0.536 bits per heavy atom. The van der Waals surface area contributed by atoms with E-state index in [0.717, 1.165) is 51.4 Å². The fourth-order valence-electron chi connectivity index (χ4n) is 6.52. The van der Waals surface area contributed by atoms with E-state index in [1.165, 1.54) is 25.3 Å². The van der Waals surface area contributed by atoms with E-state index >= 15 is 0 Å². The number of allylic oxidation sites excluding steroid dienone is 14. The molecule has 1 aliphatic rings. The monoisotopic (exact) mass is 1020 g/mol. The molecule has 0 amide bonds. The summed E-state index contributed by atoms with van der Waals surface area (Å²) in [6.45, 7) is 2.73. The molecule has 394 valence electrons. The van der Waals surface area contributed by atoms with Gasteiger partial charge in [-0.25, -0.2) is 9.13 Å². The highest BCUT2D eigenvalue weighted by Gasteiger charge is 2.54. The van der Waals surface area contributed by atoms with Crippen molar-refractivity contribution >= 4 is 27.6 Å². The summed E-state index contributed by atoms with van der Waals surface area (Å²) >= 11 is 0. The van der Waals surface area contributed by atoms with Gasteiger partial charge >= 0.3 is 27.6 Å². The van der Waals surface area contributed by atoms with Crippen molar-refractivity contribution in [3.8, 4) is 0 Å². The lowest BCUT2D eigenvalue weighted by molar-refractivity contribution is -0.216. The van der Waals surface area contributed by atoms with Gasteiger partial charge in [-0.2, -0.15) is 0 Å². The van der Waals surface area contributed by atoms with E-state index in [4.69, 9.17) is 18.5 Å². The molecule has 0 saturated heterocycles. The van der Waals surface area contributed by atoms with Crippen LogP contribution in [-0.2, 0) is 41.8 Å². The van der Waals surface area contributed by atoms with Crippen LogP contribution in [0.15, 0.2) is 97.2 Å². The van der Waals surface area contributed by atoms with Gasteiger partial charge in [-0.15, -0.1) is 0 Å². The van der Waals surface area contributed by atoms with Crippen LogP contribution in [0.2, 0.25) is 0 Å². The molecule has 1 saturated carbocycles. The van der Waals surface area contributed by atoms with Gasteiger partial charge in [-0.05, 0) is 70.6 Å². The lowest BCUT2D eigenvalue weighted by atomic mass is 9.85. The lowest BCUT2D eigenvalue weighted by Crippen LogP contribution is -2.64. The topological polar surface area (TPSA) is 296 Å². The van der Waals surface area contributed by atoms with Crippen molar-refractivity contribution in [2.24, 2.45) is 0 Å². The summed E-state index contributed by atoms with van der Waals surface area (Å²) < 4.78 is 49.1. The number of hydrogen-bond donors (Lipinski definition) is 9. The maximum absolute atomic E-state index is 13.0. The summed E-state index contributed by atoms with van der Waals surface area (Å²) in [5.41, 5.74) is 0. The predicted octanol–water partition coefficient (Wildman–Crippen LogP) is 7.11. The summed E-state index contributed by atoms with van der Waals surface area (Å²) in [5.74, 6) is -1.51. The highest BCUT2D eigenvalue weighted by atomic mass is 31.2. The fourth-order valence-corrected chi connectivity index (χ4v) is 8.06. The number of hydrogen-bond acceptors (Lipinski definition) is 15. The molecule has 69 heavy (non-hydrogen) atoms. The Hall–Kier alpha value is -3.16. The molecule has 0 bridgehead atoms. The average Bonchev–Trinajstić information content (AvgIpc) is 3.29. The third-order valence-electron chi connectivity index (χ3n) is 10.3. The van der Waals surface area contributed by atoms with E-state index in [-0.39, 0.29) is 25.7 Å². The molecule has 0 radical (unpaired) electrons. The van der Waals surface area contributed by atoms with E-state index in [2.05, 4.69) is 48.8 Å². The number of phosphoric acid groups is 2. The first kappa shape index (κ1) is 63.9. The first-order valence-electron chi connectivity index (χ1n) is 24.0. The van der Waals surface area contributed by atoms with Crippen molar-refractivity contribution in [2.75, 3.05) is 13.2 Å². The lowest BCUT2D eigenvalue weighted by Gasteiger charge is -2.43. The van der Waals surface area contributed by atoms with Crippen molar-refractivity contribution < 1.29 is 87.1 Å². The number of esters is 2. The standard InChI is InChI=1S/C49H80O18P2/c1-3-5-7-8-9-10-11-12-13-14-15-16-17-18-22-25-29-35-42(52)63-37-41(38-64-69(61,62)67-49-46(56)44(54)45(55)48(47(49)57)66-68(58,59)60)65-43(53)36-30-34-40(51)33-28-24-21-19-20-23-27-32-39(50)31-26-6-4-2/h9-10,12-13,15-16,18,20-24,27-28,32-33,39-41,44-51,54-57H,3-8,11,14,17,19,25-26,29-31,34-38H2,1-2H3,(H,61,62)(H2,58,59,60)/b10-9-,13-12-,16-15-,22-18-,23-20-,24-21-,32-27+,33-28+/t39-,40-,41-,44?,45?,46?,47?,48-,49+/m1/s1. The minimum atomic E-state index is -5.40. The Balaban J connectivity index is 2.74. The highest BCUT2D eigenvalue weighted by Crippen LogP contribution is 2.49. The molecule has 1 fully saturated rings. The third-order valence-corrected chi connectivity index (χ3v) is 11.8. The van der Waals surface area contributed by atoms with Crippen LogP contribution in [0.25, 0.3) is 0 Å². The van der Waals surface area contributed by atoms with Crippen molar-refractivity contribution in [1.82, 2.24) is 0 Å². The molecule has 1 aliphatic carbocycles. The second-order valence-electron chi connectivity index (χ2n) is 16.5. The number of unbranched alkanes of at least 4 members (excludes halogenated alkanes) is 6. The third kappa shape index (κ3) is 33.2. The predicted molar refractivity (Wildman–Crippen MR) is 262 cm³/mol. The van der Waals surface area contributed by atoms with Gasteiger partial charge in [-0.3, -0.25) is 23.2 Å². The number of carbonyl (C=O) groups excluding carboxylic acids is 2. The van der Waals surface area contributed by atoms with Crippen molar-refractivity contribution in [3.05, 3.63) is 97.2 Å². The molecular weight excluding hydrogens is 938 g/mol. The van der Waals surface area contributed by atoms with Crippen LogP contribution in [0.1, 0.15) is 129 Å². The molecule has 0 spiro atoms. The number of aliphatic hydroxyl groups excluding tert-OH is 6. The molecule has 0 aromatic rings. The first-order chi connectivity index (χ1) is 32.9. The van der Waals surface area contributed by atoms with Gasteiger partial charge in [-0.1, -0.05) is 143 Å². The van der Waals surface area contributed by atoms with Crippen molar-refractivity contribution in [3.63, 3.8) is 0 Å². The van der Waals surface area contributed by atoms with Crippen LogP contribution in [0.3, 0.4) is 0 Å². The Morgan fingerprint density at radius 3 is 1.57 bits per heavy atom. The largest absolute Gasteiger partial charge is 0.472 e. The molecule has 5 unspecified atom stereocenters. The van der Waals surface area contributed by atoms with Crippen LogP contribution in [0.5, 0.6) is 0 Å². The maximum atomic E-state index is 13.0. The molecule has 1 rings (SSSR count). The van der Waals surface area contributed by atoms with Gasteiger partial charge in [0.25, 0.3) is 0 Å². The zero-order valence-corrected chi connectivity index (χ0v) is 42.0. The van der Waals surface area contributed by atoms with E-state index in [0.29, 0.717) is 19.3 Å². The zero-order chi connectivity index (χ0) is 51.3. The number of carbonyl (C=O) groups is 2. The molecule has 0 aliphatic heterocycles. The Labute approximate surface area is 408 Å². The second-order valence-corrected chi connectivity index (χ2v) is 19.1. The van der Waals surface area contributed by atoms with E-state index in [9.17, 15) is 64.0 Å². The summed E-state index contributed by atoms with van der Waals surface area (Å²) in [6, 6.07) is 0. The number of ether oxygens (including phenoxy) is 2. The average molecular weight is 1020 g/mol. The van der Waals surface area contributed by atoms with Gasteiger partial charge in [0.05, 0.1) is 18.8 Å². The molecule has 0 heterocycles. The minimum Gasteiger partial charge on any atom is -0.462 e. The zero-order valence-electron chi connectivity index (χ0n) is 40.2. The van der Waals surface area contributed by atoms with Gasteiger partial charge in [0.2, 0.25) is 0 Å². The van der Waals surface area contributed by atoms with Crippen LogP contribution in [0.4, 0.5) is 0 Å². The van der Waals surface area contributed by atoms with Gasteiger partial charge in [0.15, 0.2) is 6.10 Å². The van der Waals surface area contributed by atoms with E-state index in [1.54, 1.807) is 24.3 Å². The second kappa shape index (κ2) is 38.5. The quantitative estimate of drug-likeness (QED) is 0.00978. The number of rotatable bonds is 38. The maximum Gasteiger partial charge on any atom is 0.472 e. The van der Waals surface area contributed by atoms with Crippen LogP contribution >= 0.6 is 15.6 Å². The molecule has 0 aromatic heterocycles. The molecule has 9 N–H and O–H groups in total. The SMILES string of the molecule is CCCCC/C=C\C/C=C\C/C=C\C/C=C\CCCC(=O)OC[C@H](COP(=O)(O)O[C@H]1C(O)C(O)C(O)[C@@H](OP(=O)(O)O)C1O)OC(=O)CCC[C@H](O)/C=C/C=C\C/C=C\C=C\[C@H](O)CCCCC. The molecular formula is C49H80O18P2. The van der Waals surface area contributed by atoms with Gasteiger partial charge in [0, 0.05) is 12.8 Å². The molecule has 10 atom stereocenters. The van der Waals surface area contributed by atoms with E-state index in [1.807, 2.05) is 36.5 Å². The van der Waals surface area contributed by atoms with Gasteiger partial charge < -0.3 is 54.8 Å². The van der Waals surface area contributed by atoms with Crippen LogP contribution in [-0.4, -0.2) is 125 Å². The smallest absolute Gasteiger partial charge is 0.462 e. The summed E-state index contributed by atoms with van der Waals surface area (Å²) in [7, 11) is -10.8. The minimum absolute atomic E-state index is 0.0104. The molecule has 0 aromatic carbocycles. The van der Waals surface area contributed by atoms with Crippen LogP contribution < -0.4 is 0 Å². The molecule has 20 heteroatoms. The van der Waals surface area contributed by atoms with Crippen molar-refractivity contribution in [2.45, 2.75) is 184 Å². The fraction of sp³-hybridized carbons (Fsp3) is 0.633. The van der Waals surface area contributed by atoms with Gasteiger partial charge in [0.1, 0.15) is 43.2 Å². The molecule has 18 nitrogen and oxygen atoms in total.